The molecule has 0 aliphatic heterocycles. The zero-order chi connectivity index (χ0) is 8.41. The van der Waals surface area contributed by atoms with Gasteiger partial charge >= 0.3 is 0 Å². The maximum absolute atomic E-state index is 3.46. The standard InChI is InChI=1S/C6H8.C4H10/c1-3-5-6-4-2;1-4(2)3/h3-6H,1-2H2;4H,1-3H3/b6-5-;. The van der Waals surface area contributed by atoms with Gasteiger partial charge in [0.25, 0.3) is 0 Å². The first-order valence-corrected chi connectivity index (χ1v) is 3.55. The zero-order valence-electron chi connectivity index (χ0n) is 7.30. The lowest BCUT2D eigenvalue weighted by atomic mass is 10.3. The molecule has 0 radical (unpaired) electrons. The van der Waals surface area contributed by atoms with Gasteiger partial charge in [0.1, 0.15) is 0 Å². The summed E-state index contributed by atoms with van der Waals surface area (Å²) in [7, 11) is 0. The maximum Gasteiger partial charge on any atom is -0.0500 e. The molecule has 0 aromatic rings. The van der Waals surface area contributed by atoms with Crippen LogP contribution in [0.1, 0.15) is 20.8 Å². The molecular weight excluding hydrogens is 120 g/mol. The van der Waals surface area contributed by atoms with E-state index in [2.05, 4.69) is 33.9 Å². The fraction of sp³-hybridized carbons (Fsp3) is 0.400. The summed E-state index contributed by atoms with van der Waals surface area (Å²) in [5.74, 6) is 0.833. The molecule has 0 bridgehead atoms. The van der Waals surface area contributed by atoms with Crippen LogP contribution in [0.2, 0.25) is 0 Å². The Morgan fingerprint density at radius 3 is 1.20 bits per heavy atom. The Balaban J connectivity index is 0. The summed E-state index contributed by atoms with van der Waals surface area (Å²) in [6, 6.07) is 0. The highest BCUT2D eigenvalue weighted by Gasteiger charge is 1.68. The van der Waals surface area contributed by atoms with Gasteiger partial charge in [-0.2, -0.15) is 0 Å². The van der Waals surface area contributed by atoms with Crippen LogP contribution in [0.15, 0.2) is 37.5 Å². The van der Waals surface area contributed by atoms with E-state index in [0.29, 0.717) is 0 Å². The zero-order valence-corrected chi connectivity index (χ0v) is 7.30. The van der Waals surface area contributed by atoms with Gasteiger partial charge in [-0.25, -0.2) is 0 Å². The van der Waals surface area contributed by atoms with Gasteiger partial charge in [-0.15, -0.1) is 0 Å². The molecule has 0 fully saturated rings. The molecule has 0 aromatic heterocycles. The molecule has 0 nitrogen and oxygen atoms in total. The SMILES string of the molecule is C=C/C=C\C=C.CC(C)C. The predicted molar refractivity (Wildman–Crippen MR) is 50.0 cm³/mol. The minimum Gasteiger partial charge on any atom is -0.0991 e. The molecule has 0 rings (SSSR count). The van der Waals surface area contributed by atoms with Crippen molar-refractivity contribution in [1.82, 2.24) is 0 Å². The molecule has 0 aromatic carbocycles. The Morgan fingerprint density at radius 1 is 0.900 bits per heavy atom. The molecule has 58 valence electrons. The van der Waals surface area contributed by atoms with E-state index in [1.54, 1.807) is 12.2 Å². The Bertz CT molecular complexity index is 83.9. The molecule has 0 amide bonds. The van der Waals surface area contributed by atoms with Crippen LogP contribution >= 0.6 is 0 Å². The lowest BCUT2D eigenvalue weighted by Gasteiger charge is -1.79. The van der Waals surface area contributed by atoms with Crippen molar-refractivity contribution in [1.29, 1.82) is 0 Å². The summed E-state index contributed by atoms with van der Waals surface area (Å²) in [5.41, 5.74) is 0. The van der Waals surface area contributed by atoms with Gasteiger partial charge in [0.2, 0.25) is 0 Å². The summed E-state index contributed by atoms with van der Waals surface area (Å²) in [4.78, 5) is 0. The molecule has 0 heteroatoms. The minimum atomic E-state index is 0.833. The molecule has 0 N–H and O–H groups in total. The lowest BCUT2D eigenvalue weighted by molar-refractivity contribution is 0.737. The Labute approximate surface area is 65.0 Å². The summed E-state index contributed by atoms with van der Waals surface area (Å²) >= 11 is 0. The monoisotopic (exact) mass is 138 g/mol. The molecule has 10 heavy (non-hydrogen) atoms. The van der Waals surface area contributed by atoms with Gasteiger partial charge < -0.3 is 0 Å². The fourth-order valence-corrected chi connectivity index (χ4v) is 0.157. The quantitative estimate of drug-likeness (QED) is 0.512. The van der Waals surface area contributed by atoms with Crippen LogP contribution in [0, 0.1) is 5.92 Å². The van der Waals surface area contributed by atoms with E-state index in [4.69, 9.17) is 0 Å². The highest BCUT2D eigenvalue weighted by molar-refractivity contribution is 5.05. The second-order valence-corrected chi connectivity index (χ2v) is 2.59. The van der Waals surface area contributed by atoms with Gasteiger partial charge in [0, 0.05) is 0 Å². The van der Waals surface area contributed by atoms with Crippen molar-refractivity contribution in [2.45, 2.75) is 20.8 Å². The van der Waals surface area contributed by atoms with Gasteiger partial charge in [0.05, 0.1) is 0 Å². The van der Waals surface area contributed by atoms with Crippen LogP contribution in [-0.4, -0.2) is 0 Å². The Hall–Kier alpha value is -0.780. The first-order valence-electron chi connectivity index (χ1n) is 3.55. The second kappa shape index (κ2) is 11.1. The molecule has 0 atom stereocenters. The van der Waals surface area contributed by atoms with Crippen molar-refractivity contribution in [3.05, 3.63) is 37.5 Å². The van der Waals surface area contributed by atoms with E-state index in [1.807, 2.05) is 12.2 Å². The van der Waals surface area contributed by atoms with Crippen molar-refractivity contribution in [2.24, 2.45) is 5.92 Å². The average molecular weight is 138 g/mol. The van der Waals surface area contributed by atoms with Crippen LogP contribution in [0.25, 0.3) is 0 Å². The third kappa shape index (κ3) is 56.7. The topological polar surface area (TPSA) is 0 Å². The van der Waals surface area contributed by atoms with E-state index < -0.39 is 0 Å². The lowest BCUT2D eigenvalue weighted by Crippen LogP contribution is -1.66. The van der Waals surface area contributed by atoms with Crippen molar-refractivity contribution in [3.63, 3.8) is 0 Å². The molecular formula is C10H18. The summed E-state index contributed by atoms with van der Waals surface area (Å²) in [5, 5.41) is 0. The highest BCUT2D eigenvalue weighted by Crippen LogP contribution is 1.81. The smallest absolute Gasteiger partial charge is 0.0500 e. The molecule has 0 saturated carbocycles. The largest absolute Gasteiger partial charge is 0.0991 e. The minimum absolute atomic E-state index is 0.833. The van der Waals surface area contributed by atoms with E-state index >= 15 is 0 Å². The molecule has 0 spiro atoms. The summed E-state index contributed by atoms with van der Waals surface area (Å²) < 4.78 is 0. The van der Waals surface area contributed by atoms with Gasteiger partial charge in [-0.1, -0.05) is 58.2 Å². The van der Waals surface area contributed by atoms with Crippen LogP contribution < -0.4 is 0 Å². The first-order chi connectivity index (χ1) is 4.65. The summed E-state index contributed by atoms with van der Waals surface area (Å²) in [6.45, 7) is 13.4. The van der Waals surface area contributed by atoms with Gasteiger partial charge in [-0.05, 0) is 5.92 Å². The first kappa shape index (κ1) is 12.0. The number of rotatable bonds is 2. The van der Waals surface area contributed by atoms with Crippen LogP contribution in [-0.2, 0) is 0 Å². The van der Waals surface area contributed by atoms with Crippen LogP contribution in [0.3, 0.4) is 0 Å². The molecule has 0 unspecified atom stereocenters. The maximum atomic E-state index is 3.46. The molecule has 0 aliphatic carbocycles. The fourth-order valence-electron chi connectivity index (χ4n) is 0.157. The molecule has 0 aliphatic rings. The molecule has 0 saturated heterocycles. The average Bonchev–Trinajstić information content (AvgIpc) is 1.82. The van der Waals surface area contributed by atoms with Crippen LogP contribution in [0.4, 0.5) is 0 Å². The third-order valence-corrected chi connectivity index (χ3v) is 0.383. The van der Waals surface area contributed by atoms with E-state index in [-0.39, 0.29) is 0 Å². The van der Waals surface area contributed by atoms with Crippen molar-refractivity contribution >= 4 is 0 Å². The number of hydrogen-bond acceptors (Lipinski definition) is 0. The van der Waals surface area contributed by atoms with Gasteiger partial charge in [0.15, 0.2) is 0 Å². The predicted octanol–water partition coefficient (Wildman–Crippen LogP) is 3.58. The third-order valence-electron chi connectivity index (χ3n) is 0.383. The van der Waals surface area contributed by atoms with Crippen molar-refractivity contribution in [2.75, 3.05) is 0 Å². The summed E-state index contributed by atoms with van der Waals surface area (Å²) in [6.07, 6.45) is 7.07. The van der Waals surface area contributed by atoms with Crippen molar-refractivity contribution < 1.29 is 0 Å². The van der Waals surface area contributed by atoms with E-state index in [0.717, 1.165) is 5.92 Å². The second-order valence-electron chi connectivity index (χ2n) is 2.59. The van der Waals surface area contributed by atoms with Gasteiger partial charge in [-0.3, -0.25) is 0 Å². The van der Waals surface area contributed by atoms with Crippen molar-refractivity contribution in [3.8, 4) is 0 Å². The number of hydrogen-bond donors (Lipinski definition) is 0. The van der Waals surface area contributed by atoms with E-state index in [9.17, 15) is 0 Å². The number of allylic oxidation sites excluding steroid dienone is 4. The van der Waals surface area contributed by atoms with Crippen LogP contribution in [0.5, 0.6) is 0 Å². The molecule has 0 heterocycles. The van der Waals surface area contributed by atoms with E-state index in [1.165, 1.54) is 0 Å². The normalized spacial score (nSPS) is 8.80. The Morgan fingerprint density at radius 2 is 1.10 bits per heavy atom. The Kier molecular flexibility index (Phi) is 13.2. The highest BCUT2D eigenvalue weighted by atomic mass is 13.7.